The Morgan fingerprint density at radius 2 is 2.05 bits per heavy atom. The Hall–Kier alpha value is -2.74. The van der Waals surface area contributed by atoms with E-state index < -0.39 is 4.92 Å². The summed E-state index contributed by atoms with van der Waals surface area (Å²) < 4.78 is 1.48. The van der Waals surface area contributed by atoms with Crippen LogP contribution in [0.3, 0.4) is 0 Å². The summed E-state index contributed by atoms with van der Waals surface area (Å²) in [6, 6.07) is 7.45. The summed E-state index contributed by atoms with van der Waals surface area (Å²) in [5.41, 5.74) is 0.871. The van der Waals surface area contributed by atoms with E-state index in [1.54, 1.807) is 24.4 Å². The molecule has 1 aromatic heterocycles. The highest BCUT2D eigenvalue weighted by Crippen LogP contribution is 2.15. The minimum absolute atomic E-state index is 0.00712. The average Bonchev–Trinajstić information content (AvgIpc) is 3.02. The van der Waals surface area contributed by atoms with Crippen molar-refractivity contribution < 1.29 is 14.8 Å². The number of nitro groups is 1. The molecular formula is C14H16N4O4. The van der Waals surface area contributed by atoms with E-state index in [9.17, 15) is 14.9 Å². The number of benzene rings is 1. The molecule has 8 heteroatoms. The number of likely N-dealkylation sites (N-methyl/N-ethyl adjacent to an activating group) is 1. The number of hydrogen-bond acceptors (Lipinski definition) is 5. The van der Waals surface area contributed by atoms with Crippen LogP contribution in [0, 0.1) is 10.1 Å². The number of aromatic nitrogens is 2. The second-order valence-corrected chi connectivity index (χ2v) is 4.53. The zero-order chi connectivity index (χ0) is 16.1. The zero-order valence-corrected chi connectivity index (χ0v) is 12.0. The molecule has 2 aromatic rings. The van der Waals surface area contributed by atoms with Crippen molar-refractivity contribution >= 4 is 11.6 Å². The van der Waals surface area contributed by atoms with Crippen LogP contribution in [0.1, 0.15) is 17.4 Å². The van der Waals surface area contributed by atoms with Crippen molar-refractivity contribution in [2.75, 3.05) is 19.7 Å². The standard InChI is InChI=1S/C14H16N4O4/c1-2-16(9-10-19)14(20)13-7-8-17(15-13)11-3-5-12(6-4-11)18(21)22/h3-8,19H,2,9-10H2,1H3. The molecule has 22 heavy (non-hydrogen) atoms. The Kier molecular flexibility index (Phi) is 4.84. The van der Waals surface area contributed by atoms with Crippen molar-refractivity contribution in [2.24, 2.45) is 0 Å². The molecule has 1 heterocycles. The van der Waals surface area contributed by atoms with Crippen molar-refractivity contribution in [3.8, 4) is 5.69 Å². The Morgan fingerprint density at radius 3 is 2.59 bits per heavy atom. The van der Waals surface area contributed by atoms with E-state index in [2.05, 4.69) is 5.10 Å². The molecule has 0 saturated carbocycles. The summed E-state index contributed by atoms with van der Waals surface area (Å²) in [5.74, 6) is -0.266. The van der Waals surface area contributed by atoms with Gasteiger partial charge in [-0.2, -0.15) is 5.10 Å². The van der Waals surface area contributed by atoms with Gasteiger partial charge in [-0.15, -0.1) is 0 Å². The van der Waals surface area contributed by atoms with Crippen molar-refractivity contribution in [3.63, 3.8) is 0 Å². The molecule has 116 valence electrons. The number of nitrogens with zero attached hydrogens (tertiary/aromatic N) is 4. The lowest BCUT2D eigenvalue weighted by Crippen LogP contribution is -2.33. The molecule has 0 aliphatic rings. The second kappa shape index (κ2) is 6.81. The van der Waals surface area contributed by atoms with E-state index in [0.717, 1.165) is 0 Å². The van der Waals surface area contributed by atoms with Gasteiger partial charge >= 0.3 is 0 Å². The van der Waals surface area contributed by atoms with Crippen LogP contribution in [0.2, 0.25) is 0 Å². The van der Waals surface area contributed by atoms with Crippen molar-refractivity contribution in [1.29, 1.82) is 0 Å². The van der Waals surface area contributed by atoms with Gasteiger partial charge in [-0.3, -0.25) is 14.9 Å². The first-order valence-corrected chi connectivity index (χ1v) is 6.77. The number of nitro benzene ring substituents is 1. The number of amides is 1. The number of aliphatic hydroxyl groups is 1. The molecule has 0 radical (unpaired) electrons. The predicted octanol–water partition coefficient (Wildman–Crippen LogP) is 1.23. The van der Waals surface area contributed by atoms with E-state index >= 15 is 0 Å². The maximum absolute atomic E-state index is 12.2. The summed E-state index contributed by atoms with van der Waals surface area (Å²) in [5, 5.41) is 23.7. The highest BCUT2D eigenvalue weighted by Gasteiger charge is 2.16. The van der Waals surface area contributed by atoms with E-state index in [1.807, 2.05) is 6.92 Å². The van der Waals surface area contributed by atoms with Gasteiger partial charge in [0.1, 0.15) is 0 Å². The van der Waals surface area contributed by atoms with Crippen LogP contribution in [0.15, 0.2) is 36.5 Å². The molecule has 1 amide bonds. The third-order valence-electron chi connectivity index (χ3n) is 3.17. The molecule has 0 fully saturated rings. The van der Waals surface area contributed by atoms with E-state index in [0.29, 0.717) is 12.2 Å². The van der Waals surface area contributed by atoms with Crippen LogP contribution >= 0.6 is 0 Å². The summed E-state index contributed by atoms with van der Waals surface area (Å²) in [7, 11) is 0. The van der Waals surface area contributed by atoms with Crippen LogP contribution in [0.4, 0.5) is 5.69 Å². The molecule has 0 spiro atoms. The molecule has 1 aromatic carbocycles. The molecule has 0 unspecified atom stereocenters. The monoisotopic (exact) mass is 304 g/mol. The minimum atomic E-state index is -0.476. The van der Waals surface area contributed by atoms with E-state index in [-0.39, 0.29) is 30.4 Å². The summed E-state index contributed by atoms with van der Waals surface area (Å²) in [6.07, 6.45) is 1.61. The Labute approximate surface area is 126 Å². The second-order valence-electron chi connectivity index (χ2n) is 4.53. The van der Waals surface area contributed by atoms with Gasteiger partial charge in [-0.05, 0) is 25.1 Å². The maximum Gasteiger partial charge on any atom is 0.274 e. The smallest absolute Gasteiger partial charge is 0.274 e. The number of hydrogen-bond donors (Lipinski definition) is 1. The largest absolute Gasteiger partial charge is 0.395 e. The zero-order valence-electron chi connectivity index (χ0n) is 12.0. The molecule has 0 saturated heterocycles. The SMILES string of the molecule is CCN(CCO)C(=O)c1ccn(-c2ccc([N+](=O)[O-])cc2)n1. The van der Waals surface area contributed by atoms with Crippen molar-refractivity contribution in [3.05, 3.63) is 52.3 Å². The maximum atomic E-state index is 12.2. The van der Waals surface area contributed by atoms with Gasteiger partial charge in [0.25, 0.3) is 11.6 Å². The fraction of sp³-hybridized carbons (Fsp3) is 0.286. The molecular weight excluding hydrogens is 288 g/mol. The van der Waals surface area contributed by atoms with Gasteiger partial charge < -0.3 is 10.0 Å². The third-order valence-corrected chi connectivity index (χ3v) is 3.17. The molecule has 0 aliphatic heterocycles. The fourth-order valence-electron chi connectivity index (χ4n) is 1.99. The highest BCUT2D eigenvalue weighted by molar-refractivity contribution is 5.92. The normalized spacial score (nSPS) is 10.5. The molecule has 0 atom stereocenters. The number of aliphatic hydroxyl groups excluding tert-OH is 1. The molecule has 8 nitrogen and oxygen atoms in total. The number of carbonyl (C=O) groups excluding carboxylic acids is 1. The average molecular weight is 304 g/mol. The quantitative estimate of drug-likeness (QED) is 0.639. The lowest BCUT2D eigenvalue weighted by atomic mass is 10.3. The van der Waals surface area contributed by atoms with Crippen LogP contribution < -0.4 is 0 Å². The molecule has 2 rings (SSSR count). The lowest BCUT2D eigenvalue weighted by molar-refractivity contribution is -0.384. The van der Waals surface area contributed by atoms with Gasteiger partial charge in [0, 0.05) is 31.4 Å². The first-order chi connectivity index (χ1) is 10.6. The summed E-state index contributed by atoms with van der Waals surface area (Å²) in [4.78, 5) is 23.8. The summed E-state index contributed by atoms with van der Waals surface area (Å²) in [6.45, 7) is 2.44. The van der Waals surface area contributed by atoms with Crippen LogP contribution in [-0.4, -0.2) is 50.3 Å². The summed E-state index contributed by atoms with van der Waals surface area (Å²) >= 11 is 0. The fourth-order valence-corrected chi connectivity index (χ4v) is 1.99. The Bertz CT molecular complexity index is 666. The Balaban J connectivity index is 2.20. The van der Waals surface area contributed by atoms with E-state index in [4.69, 9.17) is 5.11 Å². The lowest BCUT2D eigenvalue weighted by Gasteiger charge is -2.18. The molecule has 0 aliphatic carbocycles. The number of carbonyl (C=O) groups is 1. The first-order valence-electron chi connectivity index (χ1n) is 6.77. The van der Waals surface area contributed by atoms with Crippen LogP contribution in [-0.2, 0) is 0 Å². The Morgan fingerprint density at radius 1 is 1.36 bits per heavy atom. The predicted molar refractivity (Wildman–Crippen MR) is 78.9 cm³/mol. The number of non-ortho nitro benzene ring substituents is 1. The van der Waals surface area contributed by atoms with Gasteiger partial charge in [0.05, 0.1) is 17.2 Å². The van der Waals surface area contributed by atoms with Crippen LogP contribution in [0.25, 0.3) is 5.69 Å². The van der Waals surface area contributed by atoms with Gasteiger partial charge in [-0.25, -0.2) is 4.68 Å². The van der Waals surface area contributed by atoms with Crippen molar-refractivity contribution in [1.82, 2.24) is 14.7 Å². The first kappa shape index (κ1) is 15.6. The molecule has 0 bridgehead atoms. The van der Waals surface area contributed by atoms with Crippen LogP contribution in [0.5, 0.6) is 0 Å². The van der Waals surface area contributed by atoms with Gasteiger partial charge in [0.2, 0.25) is 0 Å². The minimum Gasteiger partial charge on any atom is -0.395 e. The topological polar surface area (TPSA) is 102 Å². The third kappa shape index (κ3) is 3.29. The highest BCUT2D eigenvalue weighted by atomic mass is 16.6. The van der Waals surface area contributed by atoms with Gasteiger partial charge in [-0.1, -0.05) is 0 Å². The van der Waals surface area contributed by atoms with Crippen molar-refractivity contribution in [2.45, 2.75) is 6.92 Å². The van der Waals surface area contributed by atoms with Gasteiger partial charge in [0.15, 0.2) is 5.69 Å². The number of rotatable bonds is 6. The molecule has 1 N–H and O–H groups in total. The van der Waals surface area contributed by atoms with E-state index in [1.165, 1.54) is 21.7 Å².